The lowest BCUT2D eigenvalue weighted by atomic mass is 10.0. The smallest absolute Gasteiger partial charge is 0.231 e. The predicted molar refractivity (Wildman–Crippen MR) is 76.6 cm³/mol. The third kappa shape index (κ3) is 3.21. The van der Waals surface area contributed by atoms with Crippen LogP contribution in [0.25, 0.3) is 10.8 Å². The molecule has 2 aromatic carbocycles. The highest BCUT2D eigenvalue weighted by Gasteiger charge is 2.17. The van der Waals surface area contributed by atoms with Crippen LogP contribution in [0, 0.1) is 0 Å². The van der Waals surface area contributed by atoms with E-state index < -0.39 is 0 Å². The van der Waals surface area contributed by atoms with E-state index in [0.717, 1.165) is 5.39 Å². The Morgan fingerprint density at radius 1 is 0.952 bits per heavy atom. The van der Waals surface area contributed by atoms with E-state index in [4.69, 9.17) is 0 Å². The molecule has 0 spiro atoms. The zero-order valence-corrected chi connectivity index (χ0v) is 13.4. The first-order valence-electron chi connectivity index (χ1n) is 6.44. The summed E-state index contributed by atoms with van der Waals surface area (Å²) in [5, 5.41) is 11.9. The maximum atomic E-state index is 12.3. The molecular weight excluding hydrogens is 377 g/mol. The van der Waals surface area contributed by atoms with E-state index in [1.54, 1.807) is 10.6 Å². The molecular formula is C17H14INO2. The number of Topliss-reactive ketones (excluding diaryl/α,β-unsaturated/α-hetero) is 1. The van der Waals surface area contributed by atoms with E-state index in [9.17, 15) is 9.90 Å². The van der Waals surface area contributed by atoms with Gasteiger partial charge in [0.05, 0.1) is 5.56 Å². The minimum Gasteiger partial charge on any atom is -1.00 e. The highest BCUT2D eigenvalue weighted by molar-refractivity contribution is 6.04. The van der Waals surface area contributed by atoms with Gasteiger partial charge in [0.25, 0.3) is 0 Å². The van der Waals surface area contributed by atoms with E-state index in [2.05, 4.69) is 0 Å². The minimum atomic E-state index is -0.107. The third-order valence-electron chi connectivity index (χ3n) is 3.30. The average Bonchev–Trinajstić information content (AvgIpc) is 2.49. The van der Waals surface area contributed by atoms with Gasteiger partial charge >= 0.3 is 0 Å². The molecule has 3 rings (SSSR count). The van der Waals surface area contributed by atoms with Crippen molar-refractivity contribution in [2.75, 3.05) is 0 Å². The summed E-state index contributed by atoms with van der Waals surface area (Å²) in [6.45, 7) is 0.215. The van der Waals surface area contributed by atoms with Gasteiger partial charge in [0, 0.05) is 17.5 Å². The maximum absolute atomic E-state index is 12.3. The number of benzene rings is 2. The van der Waals surface area contributed by atoms with E-state index >= 15 is 0 Å². The number of aromatic hydroxyl groups is 1. The monoisotopic (exact) mass is 391 g/mol. The molecule has 3 nitrogen and oxygen atoms in total. The number of phenolic OH excluding ortho intramolecular Hbond substituents is 1. The Labute approximate surface area is 139 Å². The Morgan fingerprint density at radius 2 is 1.67 bits per heavy atom. The molecule has 0 saturated heterocycles. The number of hydrogen-bond acceptors (Lipinski definition) is 2. The molecule has 0 atom stereocenters. The largest absolute Gasteiger partial charge is 1.00 e. The first-order valence-corrected chi connectivity index (χ1v) is 6.44. The average molecular weight is 391 g/mol. The molecule has 0 fully saturated rings. The Hall–Kier alpha value is -1.95. The Bertz CT molecular complexity index is 772. The molecule has 4 heteroatoms. The molecule has 1 N–H and O–H groups in total. The second-order valence-corrected chi connectivity index (χ2v) is 4.65. The van der Waals surface area contributed by atoms with Gasteiger partial charge in [-0.3, -0.25) is 4.79 Å². The number of nitrogens with zero attached hydrogens (tertiary/aromatic N) is 1. The van der Waals surface area contributed by atoms with Crippen LogP contribution in [-0.2, 0) is 6.54 Å². The van der Waals surface area contributed by atoms with Gasteiger partial charge in [0.1, 0.15) is 5.75 Å². The zero-order chi connectivity index (χ0) is 13.9. The fourth-order valence-corrected chi connectivity index (χ4v) is 2.27. The Morgan fingerprint density at radius 3 is 2.43 bits per heavy atom. The molecule has 0 aliphatic rings. The van der Waals surface area contributed by atoms with Crippen LogP contribution in [0.15, 0.2) is 67.0 Å². The molecule has 3 aromatic rings. The van der Waals surface area contributed by atoms with Crippen LogP contribution >= 0.6 is 0 Å². The standard InChI is InChI=1S/C17H13NO2.HI/c19-16(12-18-10-4-1-5-11-18)15-9-8-13-6-2-3-7-14(13)17(15)20;/h1-11H,12H2;1H. The van der Waals surface area contributed by atoms with Crippen LogP contribution in [-0.4, -0.2) is 10.9 Å². The number of ketones is 1. The molecule has 0 radical (unpaired) electrons. The highest BCUT2D eigenvalue weighted by Crippen LogP contribution is 2.28. The second kappa shape index (κ2) is 6.67. The number of rotatable bonds is 3. The van der Waals surface area contributed by atoms with Crippen molar-refractivity contribution in [3.63, 3.8) is 0 Å². The summed E-state index contributed by atoms with van der Waals surface area (Å²) in [6.07, 6.45) is 3.66. The number of fused-ring (bicyclic) bond motifs is 1. The molecule has 1 aromatic heterocycles. The van der Waals surface area contributed by atoms with Crippen molar-refractivity contribution in [1.29, 1.82) is 0 Å². The fourth-order valence-electron chi connectivity index (χ4n) is 2.27. The minimum absolute atomic E-state index is 0. The molecule has 0 aliphatic carbocycles. The van der Waals surface area contributed by atoms with Crippen LogP contribution in [0.4, 0.5) is 0 Å². The summed E-state index contributed by atoms with van der Waals surface area (Å²) in [5.74, 6) is -0.0471. The van der Waals surface area contributed by atoms with Gasteiger partial charge < -0.3 is 29.1 Å². The molecule has 1 heterocycles. The normalized spacial score (nSPS) is 10.1. The van der Waals surface area contributed by atoms with Crippen LogP contribution < -0.4 is 28.5 Å². The first kappa shape index (κ1) is 15.4. The van der Waals surface area contributed by atoms with E-state index in [-0.39, 0.29) is 42.1 Å². The lowest BCUT2D eigenvalue weighted by Crippen LogP contribution is -3.00. The zero-order valence-electron chi connectivity index (χ0n) is 11.2. The van der Waals surface area contributed by atoms with Gasteiger partial charge in [-0.2, -0.15) is 4.57 Å². The lowest BCUT2D eigenvalue weighted by Gasteiger charge is -2.05. The molecule has 0 aliphatic heterocycles. The number of halogens is 1. The molecule has 0 amide bonds. The van der Waals surface area contributed by atoms with Crippen molar-refractivity contribution in [2.45, 2.75) is 6.54 Å². The number of pyridine rings is 1. The predicted octanol–water partition coefficient (Wildman–Crippen LogP) is -0.280. The van der Waals surface area contributed by atoms with Gasteiger partial charge in [-0.05, 0) is 11.5 Å². The van der Waals surface area contributed by atoms with Crippen LogP contribution in [0.2, 0.25) is 0 Å². The van der Waals surface area contributed by atoms with Gasteiger partial charge in [0.15, 0.2) is 12.4 Å². The number of carbonyl (C=O) groups is 1. The topological polar surface area (TPSA) is 41.2 Å². The van der Waals surface area contributed by atoms with Crippen molar-refractivity contribution < 1.29 is 38.4 Å². The highest BCUT2D eigenvalue weighted by atomic mass is 127. The van der Waals surface area contributed by atoms with Crippen molar-refractivity contribution >= 4 is 16.6 Å². The van der Waals surface area contributed by atoms with E-state index in [0.29, 0.717) is 10.9 Å². The summed E-state index contributed by atoms with van der Waals surface area (Å²) >= 11 is 0. The summed E-state index contributed by atoms with van der Waals surface area (Å²) in [5.41, 5.74) is 0.361. The maximum Gasteiger partial charge on any atom is 0.231 e. The number of phenols is 1. The van der Waals surface area contributed by atoms with Gasteiger partial charge in [-0.25, -0.2) is 0 Å². The number of aromatic nitrogens is 1. The lowest BCUT2D eigenvalue weighted by molar-refractivity contribution is -0.683. The molecule has 21 heavy (non-hydrogen) atoms. The SMILES string of the molecule is O=C(C[n+]1ccccc1)c1ccc2ccccc2c1O.[I-]. The van der Waals surface area contributed by atoms with Crippen LogP contribution in [0.5, 0.6) is 5.75 Å². The first-order chi connectivity index (χ1) is 9.75. The fraction of sp³-hybridized carbons (Fsp3) is 0.0588. The molecule has 0 bridgehead atoms. The quantitative estimate of drug-likeness (QED) is 0.379. The van der Waals surface area contributed by atoms with Crippen molar-refractivity contribution in [1.82, 2.24) is 0 Å². The van der Waals surface area contributed by atoms with Gasteiger partial charge in [-0.15, -0.1) is 0 Å². The van der Waals surface area contributed by atoms with Crippen molar-refractivity contribution in [3.8, 4) is 5.75 Å². The molecule has 0 unspecified atom stereocenters. The third-order valence-corrected chi connectivity index (χ3v) is 3.30. The summed E-state index contributed by atoms with van der Waals surface area (Å²) in [6, 6.07) is 16.7. The Balaban J connectivity index is 0.00000161. The summed E-state index contributed by atoms with van der Waals surface area (Å²) in [7, 11) is 0. The van der Waals surface area contributed by atoms with E-state index in [1.165, 1.54) is 0 Å². The van der Waals surface area contributed by atoms with Crippen LogP contribution in [0.3, 0.4) is 0 Å². The molecule has 106 valence electrons. The van der Waals surface area contributed by atoms with Gasteiger partial charge in [0.2, 0.25) is 12.3 Å². The van der Waals surface area contributed by atoms with E-state index in [1.807, 2.05) is 60.9 Å². The summed E-state index contributed by atoms with van der Waals surface area (Å²) < 4.78 is 1.79. The van der Waals surface area contributed by atoms with Crippen LogP contribution in [0.1, 0.15) is 10.4 Å². The molecule has 0 saturated carbocycles. The second-order valence-electron chi connectivity index (χ2n) is 4.65. The van der Waals surface area contributed by atoms with Crippen molar-refractivity contribution in [2.24, 2.45) is 0 Å². The number of carbonyl (C=O) groups excluding carboxylic acids is 1. The van der Waals surface area contributed by atoms with Crippen molar-refractivity contribution in [3.05, 3.63) is 72.6 Å². The summed E-state index contributed by atoms with van der Waals surface area (Å²) in [4.78, 5) is 12.3. The van der Waals surface area contributed by atoms with Gasteiger partial charge in [-0.1, -0.05) is 36.4 Å². The Kier molecular flexibility index (Phi) is 4.90. The number of hydrogen-bond donors (Lipinski definition) is 1.